The van der Waals surface area contributed by atoms with Crippen molar-refractivity contribution in [2.75, 3.05) is 31.2 Å². The number of azo groups is 2. The van der Waals surface area contributed by atoms with Gasteiger partial charge in [0.15, 0.2) is 0 Å². The molecule has 0 aliphatic carbocycles. The van der Waals surface area contributed by atoms with E-state index in [1.165, 1.54) is 56.3 Å². The normalized spacial score (nSPS) is 13.1. The second-order valence-electron chi connectivity index (χ2n) is 20.5. The molecule has 4 heterocycles. The van der Waals surface area contributed by atoms with Gasteiger partial charge in [-0.25, -0.2) is 61.4 Å². The molecule has 36 nitrogen and oxygen atoms in total. The van der Waals surface area contributed by atoms with Gasteiger partial charge in [0.2, 0.25) is 17.2 Å². The molecule has 105 heavy (non-hydrogen) atoms. The van der Waals surface area contributed by atoms with E-state index in [2.05, 4.69) is 55.6 Å². The Morgan fingerprint density at radius 2 is 0.990 bits per heavy atom. The van der Waals surface area contributed by atoms with E-state index in [0.717, 1.165) is 95.7 Å². The number of aromatic nitrogens is 7. The fraction of sp³-hybridized carbons (Fsp3) is 0.105. The standard InChI is InChI=1S/C57H48N14O22S5.2Cu.5Na/c1-30-49(66-64-43-19-17-39(94(78,79)80)29-41(43)54(76)77)51(72)70(67-30)37-16-20-45(95(81,82)83)35(26-37)11-10-34-12-14-36(27-46(34)96(84,85)86)58-55-60-56(62-57(61-55)69-21-23-93-24-22-69)59-44-18-8-32(25-48(44)98(90,91)92)7-9-33-13-15-38(28-47(33)97(87,88)89)71-52(73)50(31(2)68-71)65-63-42-6-4-3-5-40(42)53(74)75;;;;;;;/h3-20,25-29,72-73H,21-24H2,1-2H3,(H,74,75)(H,76,77)(H,78,79,80)(H,81,82,83)(H,84,85,86)(H,87,88,89)(H,90,91,92)(H2,58,59,60,61,62);;;;;;;/q;2*+2;5*+1/p-9/b9-7+,11-10+,65-63?,66-64?;;;;;;;. The Kier molecular flexibility index (Phi) is 34.5. The van der Waals surface area contributed by atoms with Crippen molar-refractivity contribution >= 4 is 127 Å². The molecule has 2 N–H and O–H groups in total. The monoisotopic (exact) mass is 1670 g/mol. The third kappa shape index (κ3) is 23.0. The van der Waals surface area contributed by atoms with Gasteiger partial charge in [0.25, 0.3) is 0 Å². The minimum Gasteiger partial charge on any atom is -0.857 e. The third-order valence-electron chi connectivity index (χ3n) is 14.0. The average molecular weight is 1670 g/mol. The molecule has 6 aromatic carbocycles. The maximum atomic E-state index is 13.6. The number of H-pyrrole nitrogens is 2. The zero-order valence-corrected chi connectivity index (χ0v) is 71.1. The first-order chi connectivity index (χ1) is 46.0. The van der Waals surface area contributed by atoms with Crippen LogP contribution in [-0.2, 0) is 89.5 Å². The van der Waals surface area contributed by atoms with Gasteiger partial charge in [-0.15, -0.1) is 20.5 Å². The molecule has 48 heteroatoms. The van der Waals surface area contributed by atoms with Gasteiger partial charge in [0, 0.05) is 36.0 Å². The predicted molar refractivity (Wildman–Crippen MR) is 322 cm³/mol. The molecule has 2 radical (unpaired) electrons. The predicted octanol–water partition coefficient (Wildman–Crippen LogP) is -13.4. The van der Waals surface area contributed by atoms with Crippen molar-refractivity contribution in [1.29, 1.82) is 0 Å². The summed E-state index contributed by atoms with van der Waals surface area (Å²) in [6.07, 6.45) is 4.09. The van der Waals surface area contributed by atoms with Crippen molar-refractivity contribution in [2.24, 2.45) is 30.4 Å². The van der Waals surface area contributed by atoms with Crippen LogP contribution in [0.2, 0.25) is 0 Å². The third-order valence-corrected chi connectivity index (χ3v) is 18.4. The SMILES string of the molecule is Cc1nn(-c2ccc(/C=C/c3ccc(N=c4[nH]c(N5CCOCC5)nc(=Nc5ccc(/C=C/c6cc(-n7nc(C)c(N=Nc8ccc(S(=O)(=O)[O-])cc8C(=O)[O-])c7[O-])ccc6S(=O)(=O)[O-])c(S(=O)(=O)[O-])c5)[nH]4)c(S(=O)(=O)[O-])c3)c(S(=O)(=O)[O-])c2)c([O-])c1N=Nc1ccccc1C(=O)[O-].[Cu+2].[Cu+2].[Na+].[Na+].[Na+].[Na+].[Na+]. The summed E-state index contributed by atoms with van der Waals surface area (Å²) in [6, 6.07) is 19.5. The summed E-state index contributed by atoms with van der Waals surface area (Å²) in [7, 11) is -26.7. The number of hydrogen-bond donors (Lipinski definition) is 2. The minimum atomic E-state index is -5.48. The van der Waals surface area contributed by atoms with Crippen molar-refractivity contribution in [3.63, 3.8) is 0 Å². The summed E-state index contributed by atoms with van der Waals surface area (Å²) >= 11 is 0. The Balaban J connectivity index is 0.00000409. The minimum absolute atomic E-state index is 0. The smallest absolute Gasteiger partial charge is 0.857 e. The summed E-state index contributed by atoms with van der Waals surface area (Å²) < 4.78 is 194. The molecule has 1 fully saturated rings. The van der Waals surface area contributed by atoms with Crippen molar-refractivity contribution in [3.8, 4) is 23.1 Å². The molecule has 1 aliphatic rings. The molecule has 0 unspecified atom stereocenters. The van der Waals surface area contributed by atoms with E-state index >= 15 is 0 Å². The summed E-state index contributed by atoms with van der Waals surface area (Å²) in [5.41, 5.74) is -6.13. The number of carbonyl (C=O) groups is 2. The van der Waals surface area contributed by atoms with Crippen molar-refractivity contribution in [2.45, 2.75) is 38.3 Å². The average Bonchev–Trinajstić information content (AvgIpc) is 1.76. The van der Waals surface area contributed by atoms with Gasteiger partial charge in [0.05, 0.1) is 95.1 Å². The van der Waals surface area contributed by atoms with Crippen LogP contribution in [0.5, 0.6) is 11.8 Å². The number of carboxylic acid groups (broad SMARTS) is 2. The quantitative estimate of drug-likeness (QED) is 0.0310. The zero-order chi connectivity index (χ0) is 71.0. The second kappa shape index (κ2) is 38.5. The number of aryl methyl sites for hydroxylation is 2. The van der Waals surface area contributed by atoms with E-state index in [1.54, 1.807) is 4.90 Å². The van der Waals surface area contributed by atoms with E-state index in [4.69, 9.17) is 4.74 Å². The number of aromatic carboxylic acids is 2. The zero-order valence-electron chi connectivity index (χ0n) is 55.1. The number of benzene rings is 6. The van der Waals surface area contributed by atoms with E-state index in [9.17, 15) is 94.9 Å². The number of anilines is 1. The van der Waals surface area contributed by atoms with Gasteiger partial charge < -0.3 is 62.4 Å². The Morgan fingerprint density at radius 1 is 0.495 bits per heavy atom. The number of ether oxygens (including phenoxy) is 1. The first kappa shape index (κ1) is 94.1. The molecule has 526 valence electrons. The van der Waals surface area contributed by atoms with Gasteiger partial charge >= 0.3 is 182 Å². The first-order valence-electron chi connectivity index (χ1n) is 27.4. The first-order valence-corrected chi connectivity index (χ1v) is 34.4. The van der Waals surface area contributed by atoms with Crippen LogP contribution in [0.4, 0.5) is 40.1 Å². The molecule has 1 aliphatic heterocycles. The summed E-state index contributed by atoms with van der Waals surface area (Å²) in [5.74, 6) is -5.50. The van der Waals surface area contributed by atoms with Crippen LogP contribution in [0.1, 0.15) is 54.4 Å². The molecule has 3 aromatic heterocycles. The maximum Gasteiger partial charge on any atom is 2.00 e. The van der Waals surface area contributed by atoms with Crippen LogP contribution in [0, 0.1) is 13.8 Å². The maximum absolute atomic E-state index is 13.6. The van der Waals surface area contributed by atoms with Gasteiger partial charge in [0.1, 0.15) is 62.0 Å². The Bertz CT molecular complexity index is 5720. The van der Waals surface area contributed by atoms with Crippen LogP contribution in [-0.4, -0.2) is 138 Å². The Hall–Kier alpha value is -5.08. The van der Waals surface area contributed by atoms with E-state index in [1.807, 2.05) is 0 Å². The number of carboxylic acids is 2. The molecule has 1 saturated heterocycles. The largest absolute Gasteiger partial charge is 2.00 e. The van der Waals surface area contributed by atoms with Crippen molar-refractivity contribution < 1.29 is 282 Å². The Morgan fingerprint density at radius 3 is 1.54 bits per heavy atom. The molecule has 0 saturated carbocycles. The number of hydrogen-bond acceptors (Lipinski definition) is 32. The van der Waals surface area contributed by atoms with Crippen LogP contribution in [0.25, 0.3) is 35.7 Å². The topological polar surface area (TPSA) is 579 Å². The summed E-state index contributed by atoms with van der Waals surface area (Å²) in [5, 5.41) is 73.7. The fourth-order valence-electron chi connectivity index (χ4n) is 9.39. The Labute approximate surface area is 727 Å². The molecule has 0 amide bonds. The van der Waals surface area contributed by atoms with Gasteiger partial charge in [-0.05, 0) is 115 Å². The molecule has 0 atom stereocenters. The number of nitrogens with one attached hydrogen (secondary N) is 2. The van der Waals surface area contributed by atoms with Crippen LogP contribution in [0.15, 0.2) is 170 Å². The molecule has 9 aromatic rings. The van der Waals surface area contributed by atoms with Gasteiger partial charge in [-0.3, -0.25) is 9.97 Å². The van der Waals surface area contributed by atoms with Gasteiger partial charge in [-0.2, -0.15) is 15.2 Å². The van der Waals surface area contributed by atoms with E-state index in [-0.39, 0.29) is 282 Å². The molecular weight excluding hydrogens is 1640 g/mol. The number of rotatable bonds is 20. The van der Waals surface area contributed by atoms with Crippen LogP contribution < -0.4 is 184 Å². The van der Waals surface area contributed by atoms with Crippen molar-refractivity contribution in [1.82, 2.24) is 34.5 Å². The number of morpholine rings is 1. The molecule has 0 bridgehead atoms. The number of aromatic amines is 2. The molecular formula is C57H39Cu2N14Na5O22S5. The summed E-state index contributed by atoms with van der Waals surface area (Å²) in [4.78, 5) is 39.0. The summed E-state index contributed by atoms with van der Waals surface area (Å²) in [6.45, 7) is 3.45. The van der Waals surface area contributed by atoms with E-state index < -0.39 is 133 Å². The van der Waals surface area contributed by atoms with E-state index in [0.29, 0.717) is 10.7 Å². The number of carbonyl (C=O) groups excluding carboxylic acids is 2. The fourth-order valence-corrected chi connectivity index (χ4v) is 12.6. The van der Waals surface area contributed by atoms with Crippen LogP contribution in [0.3, 0.4) is 0 Å². The number of nitrogens with zero attached hydrogens (tertiary/aromatic N) is 12. The molecule has 0 spiro atoms. The van der Waals surface area contributed by atoms with Crippen LogP contribution >= 0.6 is 0 Å². The molecule has 10 rings (SSSR count). The van der Waals surface area contributed by atoms with Crippen molar-refractivity contribution in [3.05, 3.63) is 171 Å². The van der Waals surface area contributed by atoms with Gasteiger partial charge in [-0.1, -0.05) is 60.7 Å². The second-order valence-corrected chi connectivity index (χ2v) is 27.3.